The predicted octanol–water partition coefficient (Wildman–Crippen LogP) is 4.27. The molecule has 0 fully saturated rings. The number of alkyl halides is 3. The van der Waals surface area contributed by atoms with Gasteiger partial charge in [0.2, 0.25) is 0 Å². The highest BCUT2D eigenvalue weighted by Crippen LogP contribution is 2.29. The van der Waals surface area contributed by atoms with E-state index in [0.717, 1.165) is 17.7 Å². The third kappa shape index (κ3) is 5.32. The monoisotopic (exact) mass is 390 g/mol. The van der Waals surface area contributed by atoms with Crippen LogP contribution in [0.1, 0.15) is 23.6 Å². The first-order valence-corrected chi connectivity index (χ1v) is 8.30. The second kappa shape index (κ2) is 8.55. The van der Waals surface area contributed by atoms with Gasteiger partial charge in [-0.3, -0.25) is 0 Å². The minimum Gasteiger partial charge on any atom is -0.471 e. The van der Waals surface area contributed by atoms with Crippen molar-refractivity contribution >= 4 is 5.71 Å². The third-order valence-corrected chi connectivity index (χ3v) is 3.82. The average Bonchev–Trinajstić information content (AvgIpc) is 3.20. The van der Waals surface area contributed by atoms with Crippen molar-refractivity contribution in [3.05, 3.63) is 77.9 Å². The molecule has 0 unspecified atom stereocenters. The molecule has 0 bridgehead atoms. The maximum Gasteiger partial charge on any atom is 0.416 e. The third-order valence-electron chi connectivity index (χ3n) is 3.82. The molecule has 3 rings (SSSR count). The van der Waals surface area contributed by atoms with Crippen LogP contribution in [0.25, 0.3) is 0 Å². The van der Waals surface area contributed by atoms with E-state index >= 15 is 0 Å². The van der Waals surface area contributed by atoms with Gasteiger partial charge in [-0.25, -0.2) is 9.67 Å². The van der Waals surface area contributed by atoms with Gasteiger partial charge in [-0.05, 0) is 54.4 Å². The summed E-state index contributed by atoms with van der Waals surface area (Å²) in [5.74, 6) is 0.665. The molecule has 0 radical (unpaired) electrons. The average molecular weight is 390 g/mol. The molecule has 6 nitrogen and oxygen atoms in total. The van der Waals surface area contributed by atoms with Gasteiger partial charge in [0.15, 0.2) is 6.73 Å². The summed E-state index contributed by atoms with van der Waals surface area (Å²) in [6, 6.07) is 12.0. The fraction of sp³-hybridized carbons (Fsp3) is 0.211. The number of halogens is 3. The van der Waals surface area contributed by atoms with Gasteiger partial charge in [0.1, 0.15) is 25.0 Å². The molecule has 0 N–H and O–H groups in total. The zero-order valence-corrected chi connectivity index (χ0v) is 14.9. The Hall–Kier alpha value is -3.36. The van der Waals surface area contributed by atoms with E-state index in [4.69, 9.17) is 9.57 Å². The largest absolute Gasteiger partial charge is 0.471 e. The Bertz CT molecular complexity index is 906. The van der Waals surface area contributed by atoms with Crippen LogP contribution >= 0.6 is 0 Å². The van der Waals surface area contributed by atoms with Gasteiger partial charge in [0.25, 0.3) is 0 Å². The van der Waals surface area contributed by atoms with E-state index in [9.17, 15) is 13.2 Å². The maximum atomic E-state index is 12.5. The normalized spacial score (nSPS) is 12.1. The van der Waals surface area contributed by atoms with Crippen molar-refractivity contribution in [3.63, 3.8) is 0 Å². The fourth-order valence-corrected chi connectivity index (χ4v) is 2.28. The summed E-state index contributed by atoms with van der Waals surface area (Å²) in [6.07, 6.45) is -1.37. The van der Waals surface area contributed by atoms with Crippen LogP contribution in [0, 0.1) is 0 Å². The zero-order valence-electron chi connectivity index (χ0n) is 14.9. The van der Waals surface area contributed by atoms with Crippen LogP contribution in [0.3, 0.4) is 0 Å². The van der Waals surface area contributed by atoms with Gasteiger partial charge in [-0.15, -0.1) is 0 Å². The summed E-state index contributed by atoms with van der Waals surface area (Å²) < 4.78 is 44.8. The lowest BCUT2D eigenvalue weighted by Gasteiger charge is -2.08. The molecule has 1 aromatic heterocycles. The second-order valence-electron chi connectivity index (χ2n) is 5.88. The Balaban J connectivity index is 1.51. The molecule has 1 heterocycles. The summed E-state index contributed by atoms with van der Waals surface area (Å²) >= 11 is 0. The molecule has 146 valence electrons. The molecular formula is C19H17F3N4O2. The van der Waals surface area contributed by atoms with E-state index in [1.165, 1.54) is 18.5 Å². The Morgan fingerprint density at radius 1 is 1.07 bits per heavy atom. The number of oxime groups is 1. The standard InChI is InChI=1S/C19H17F3N4O2/c1-14(25-28-10-15-2-6-17(7-3-15)19(20,21)22)16-4-8-18(9-5-16)27-13-26-12-23-11-24-26/h2-9,11-12H,10,13H2,1H3/b25-14+. The number of aromatic nitrogens is 3. The Morgan fingerprint density at radius 3 is 2.39 bits per heavy atom. The van der Waals surface area contributed by atoms with Gasteiger partial charge in [-0.1, -0.05) is 17.3 Å². The molecule has 0 aliphatic carbocycles. The number of nitrogens with zero attached hydrogens (tertiary/aromatic N) is 4. The summed E-state index contributed by atoms with van der Waals surface area (Å²) in [7, 11) is 0. The quantitative estimate of drug-likeness (QED) is 0.446. The van der Waals surface area contributed by atoms with Crippen molar-refractivity contribution in [1.29, 1.82) is 0 Å². The number of rotatable bonds is 7. The highest BCUT2D eigenvalue weighted by molar-refractivity contribution is 5.98. The minimum atomic E-state index is -4.35. The number of hydrogen-bond donors (Lipinski definition) is 0. The molecule has 28 heavy (non-hydrogen) atoms. The second-order valence-corrected chi connectivity index (χ2v) is 5.88. The maximum absolute atomic E-state index is 12.5. The fourth-order valence-electron chi connectivity index (χ4n) is 2.28. The van der Waals surface area contributed by atoms with Gasteiger partial charge >= 0.3 is 6.18 Å². The van der Waals surface area contributed by atoms with E-state index < -0.39 is 11.7 Å². The highest BCUT2D eigenvalue weighted by atomic mass is 19.4. The van der Waals surface area contributed by atoms with Gasteiger partial charge in [0, 0.05) is 0 Å². The SMILES string of the molecule is C/C(=N\OCc1ccc(C(F)(F)F)cc1)c1ccc(OCn2cncn2)cc1. The van der Waals surface area contributed by atoms with E-state index in [1.54, 1.807) is 30.1 Å². The highest BCUT2D eigenvalue weighted by Gasteiger charge is 2.29. The van der Waals surface area contributed by atoms with Crippen LogP contribution in [-0.4, -0.2) is 20.5 Å². The number of hydrogen-bond acceptors (Lipinski definition) is 5. The van der Waals surface area contributed by atoms with Gasteiger partial charge < -0.3 is 9.57 Å². The molecule has 2 aromatic carbocycles. The van der Waals surface area contributed by atoms with Crippen molar-refractivity contribution in [1.82, 2.24) is 14.8 Å². The lowest BCUT2D eigenvalue weighted by molar-refractivity contribution is -0.137. The first-order valence-electron chi connectivity index (χ1n) is 8.30. The first-order chi connectivity index (χ1) is 13.4. The lowest BCUT2D eigenvalue weighted by atomic mass is 10.1. The lowest BCUT2D eigenvalue weighted by Crippen LogP contribution is -2.05. The van der Waals surface area contributed by atoms with E-state index in [1.807, 2.05) is 12.1 Å². The molecule has 0 atom stereocenters. The predicted molar refractivity (Wildman–Crippen MR) is 95.5 cm³/mol. The minimum absolute atomic E-state index is 0.0780. The summed E-state index contributed by atoms with van der Waals surface area (Å²) in [4.78, 5) is 9.07. The zero-order chi connectivity index (χ0) is 20.0. The summed E-state index contributed by atoms with van der Waals surface area (Å²) in [5.41, 5.74) is 1.37. The van der Waals surface area contributed by atoms with Crippen LogP contribution in [0.4, 0.5) is 13.2 Å². The van der Waals surface area contributed by atoms with Crippen LogP contribution in [-0.2, 0) is 24.4 Å². The van der Waals surface area contributed by atoms with E-state index in [0.29, 0.717) is 17.0 Å². The van der Waals surface area contributed by atoms with Crippen LogP contribution in [0.5, 0.6) is 5.75 Å². The molecule has 0 saturated carbocycles. The van der Waals surface area contributed by atoms with Crippen LogP contribution < -0.4 is 4.74 Å². The van der Waals surface area contributed by atoms with Gasteiger partial charge in [-0.2, -0.15) is 18.3 Å². The Kier molecular flexibility index (Phi) is 5.93. The molecule has 0 spiro atoms. The molecule has 0 amide bonds. The van der Waals surface area contributed by atoms with Crippen LogP contribution in [0.15, 0.2) is 66.3 Å². The topological polar surface area (TPSA) is 61.5 Å². The Morgan fingerprint density at radius 2 is 1.79 bits per heavy atom. The van der Waals surface area contributed by atoms with Crippen molar-refractivity contribution in [2.75, 3.05) is 0 Å². The molecule has 0 aliphatic rings. The summed E-state index contributed by atoms with van der Waals surface area (Å²) in [6.45, 7) is 2.11. The number of benzene rings is 2. The first kappa shape index (κ1) is 19.4. The molecular weight excluding hydrogens is 373 g/mol. The smallest absolute Gasteiger partial charge is 0.416 e. The molecule has 9 heteroatoms. The van der Waals surface area contributed by atoms with Crippen molar-refractivity contribution < 1.29 is 22.7 Å². The van der Waals surface area contributed by atoms with Crippen molar-refractivity contribution in [2.45, 2.75) is 26.4 Å². The van der Waals surface area contributed by atoms with Crippen LogP contribution in [0.2, 0.25) is 0 Å². The van der Waals surface area contributed by atoms with Gasteiger partial charge in [0.05, 0.1) is 11.3 Å². The molecule has 0 saturated heterocycles. The molecule has 0 aliphatic heterocycles. The summed E-state index contributed by atoms with van der Waals surface area (Å²) in [5, 5.41) is 7.95. The van der Waals surface area contributed by atoms with E-state index in [-0.39, 0.29) is 13.3 Å². The van der Waals surface area contributed by atoms with Crippen molar-refractivity contribution in [2.24, 2.45) is 5.16 Å². The number of ether oxygens (including phenoxy) is 1. The molecule has 3 aromatic rings. The van der Waals surface area contributed by atoms with Crippen molar-refractivity contribution in [3.8, 4) is 5.75 Å². The van der Waals surface area contributed by atoms with E-state index in [2.05, 4.69) is 15.2 Å². The Labute approximate surface area is 159 Å².